The number of nitrogens with zero attached hydrogens (tertiary/aromatic N) is 1. The molecular weight excluding hydrogens is 200 g/mol. The number of carbonyl (C=O) groups excluding carboxylic acids is 1. The van der Waals surface area contributed by atoms with Gasteiger partial charge in [-0.3, -0.25) is 9.89 Å². The summed E-state index contributed by atoms with van der Waals surface area (Å²) in [6, 6.07) is 7.64. The zero-order valence-corrected chi connectivity index (χ0v) is 9.24. The van der Waals surface area contributed by atoms with Crippen molar-refractivity contribution in [3.05, 3.63) is 41.1 Å². The van der Waals surface area contributed by atoms with Crippen LogP contribution in [0.25, 0.3) is 11.3 Å². The van der Waals surface area contributed by atoms with Crippen molar-refractivity contribution in [2.45, 2.75) is 19.8 Å². The van der Waals surface area contributed by atoms with Crippen molar-refractivity contribution < 1.29 is 4.79 Å². The highest BCUT2D eigenvalue weighted by Crippen LogP contribution is 2.38. The molecule has 0 bridgehead atoms. The van der Waals surface area contributed by atoms with Crippen LogP contribution >= 0.6 is 0 Å². The molecule has 0 amide bonds. The maximum absolute atomic E-state index is 12.2. The van der Waals surface area contributed by atoms with E-state index in [1.807, 2.05) is 24.3 Å². The zero-order valence-electron chi connectivity index (χ0n) is 9.24. The molecular formula is C13H12N2O. The van der Waals surface area contributed by atoms with Crippen LogP contribution in [0.3, 0.4) is 0 Å². The number of rotatable bonds is 1. The summed E-state index contributed by atoms with van der Waals surface area (Å²) in [6.45, 7) is 4.12. The summed E-state index contributed by atoms with van der Waals surface area (Å²) in [6.07, 6.45) is 0. The predicted molar refractivity (Wildman–Crippen MR) is 61.5 cm³/mol. The quantitative estimate of drug-likeness (QED) is 0.674. The van der Waals surface area contributed by atoms with Crippen molar-refractivity contribution in [2.75, 3.05) is 0 Å². The van der Waals surface area contributed by atoms with E-state index in [-0.39, 0.29) is 11.7 Å². The second kappa shape index (κ2) is 3.04. The van der Waals surface area contributed by atoms with E-state index >= 15 is 0 Å². The second-order valence-electron chi connectivity index (χ2n) is 4.39. The summed E-state index contributed by atoms with van der Waals surface area (Å²) in [5.41, 5.74) is 4.23. The van der Waals surface area contributed by atoms with Crippen LogP contribution in [0, 0.1) is 0 Å². The number of nitrogens with one attached hydrogen (secondary N) is 1. The smallest absolute Gasteiger partial charge is 0.197 e. The van der Waals surface area contributed by atoms with Crippen LogP contribution in [0.15, 0.2) is 24.3 Å². The first kappa shape index (κ1) is 9.33. The molecule has 0 unspecified atom stereocenters. The molecule has 3 nitrogen and oxygen atoms in total. The normalized spacial score (nSPS) is 13.1. The first-order chi connectivity index (χ1) is 7.70. The molecule has 3 rings (SSSR count). The van der Waals surface area contributed by atoms with Crippen molar-refractivity contribution in [3.8, 4) is 11.3 Å². The predicted octanol–water partition coefficient (Wildman–Crippen LogP) is 2.74. The van der Waals surface area contributed by atoms with Crippen molar-refractivity contribution in [3.63, 3.8) is 0 Å². The number of carbonyl (C=O) groups is 1. The Labute approximate surface area is 93.5 Å². The van der Waals surface area contributed by atoms with E-state index in [1.54, 1.807) is 0 Å². The highest BCUT2D eigenvalue weighted by atomic mass is 16.1. The van der Waals surface area contributed by atoms with Crippen LogP contribution in [0.1, 0.15) is 41.4 Å². The van der Waals surface area contributed by atoms with Crippen LogP contribution in [0.5, 0.6) is 0 Å². The van der Waals surface area contributed by atoms with Crippen molar-refractivity contribution >= 4 is 5.78 Å². The van der Waals surface area contributed by atoms with Crippen molar-refractivity contribution in [2.24, 2.45) is 0 Å². The summed E-state index contributed by atoms with van der Waals surface area (Å²) in [5.74, 6) is 0.387. The SMILES string of the molecule is CC(C)c1[nH]nc2c1C(=O)c1ccccc1-2. The number of fused-ring (bicyclic) bond motifs is 3. The maximum Gasteiger partial charge on any atom is 0.197 e. The van der Waals surface area contributed by atoms with E-state index in [1.165, 1.54) is 0 Å². The van der Waals surface area contributed by atoms with Crippen LogP contribution in [-0.4, -0.2) is 16.0 Å². The lowest BCUT2D eigenvalue weighted by atomic mass is 10.0. The van der Waals surface area contributed by atoms with Crippen LogP contribution in [0.2, 0.25) is 0 Å². The lowest BCUT2D eigenvalue weighted by Crippen LogP contribution is -2.01. The molecule has 80 valence electrons. The molecule has 1 aromatic heterocycles. The van der Waals surface area contributed by atoms with E-state index in [0.29, 0.717) is 0 Å². The Morgan fingerprint density at radius 3 is 2.56 bits per heavy atom. The molecule has 0 atom stereocenters. The van der Waals surface area contributed by atoms with Gasteiger partial charge in [0.1, 0.15) is 5.69 Å². The Morgan fingerprint density at radius 1 is 1.19 bits per heavy atom. The molecule has 16 heavy (non-hydrogen) atoms. The summed E-state index contributed by atoms with van der Waals surface area (Å²) >= 11 is 0. The molecule has 0 aliphatic heterocycles. The minimum atomic E-state index is 0.100. The fourth-order valence-corrected chi connectivity index (χ4v) is 2.22. The number of aromatic nitrogens is 2. The third-order valence-electron chi connectivity index (χ3n) is 3.03. The van der Waals surface area contributed by atoms with Gasteiger partial charge in [-0.05, 0) is 5.92 Å². The lowest BCUT2D eigenvalue weighted by Gasteiger charge is -2.02. The van der Waals surface area contributed by atoms with Gasteiger partial charge in [0.2, 0.25) is 0 Å². The van der Waals surface area contributed by atoms with Crippen molar-refractivity contribution in [1.29, 1.82) is 0 Å². The van der Waals surface area contributed by atoms with Gasteiger partial charge < -0.3 is 0 Å². The molecule has 1 aromatic carbocycles. The summed E-state index contributed by atoms with van der Waals surface area (Å²) < 4.78 is 0. The van der Waals surface area contributed by atoms with Gasteiger partial charge in [-0.1, -0.05) is 38.1 Å². The molecule has 2 aromatic rings. The first-order valence-corrected chi connectivity index (χ1v) is 5.42. The fourth-order valence-electron chi connectivity index (χ4n) is 2.22. The lowest BCUT2D eigenvalue weighted by molar-refractivity contribution is 0.104. The number of benzene rings is 1. The molecule has 1 aliphatic carbocycles. The second-order valence-corrected chi connectivity index (χ2v) is 4.39. The molecule has 0 radical (unpaired) electrons. The zero-order chi connectivity index (χ0) is 11.3. The first-order valence-electron chi connectivity index (χ1n) is 5.42. The molecule has 1 aliphatic rings. The molecule has 3 heteroatoms. The minimum Gasteiger partial charge on any atom is -0.288 e. The third-order valence-corrected chi connectivity index (χ3v) is 3.03. The molecule has 0 spiro atoms. The van der Waals surface area contributed by atoms with Gasteiger partial charge in [-0.15, -0.1) is 0 Å². The van der Waals surface area contributed by atoms with Gasteiger partial charge in [-0.2, -0.15) is 5.10 Å². The van der Waals surface area contributed by atoms with Crippen LogP contribution in [0.4, 0.5) is 0 Å². The van der Waals surface area contributed by atoms with E-state index < -0.39 is 0 Å². The van der Waals surface area contributed by atoms with Gasteiger partial charge in [0.25, 0.3) is 0 Å². The molecule has 1 heterocycles. The van der Waals surface area contributed by atoms with Gasteiger partial charge in [0, 0.05) is 16.8 Å². The summed E-state index contributed by atoms with van der Waals surface area (Å²) in [4.78, 5) is 12.2. The molecule has 0 fully saturated rings. The fraction of sp³-hybridized carbons (Fsp3) is 0.231. The third kappa shape index (κ3) is 1.03. The van der Waals surface area contributed by atoms with Crippen LogP contribution < -0.4 is 0 Å². The maximum atomic E-state index is 12.2. The Hall–Kier alpha value is -1.90. The summed E-state index contributed by atoms with van der Waals surface area (Å²) in [7, 11) is 0. The topological polar surface area (TPSA) is 45.8 Å². The molecule has 0 saturated carbocycles. The van der Waals surface area contributed by atoms with E-state index in [2.05, 4.69) is 24.0 Å². The average Bonchev–Trinajstić information content (AvgIpc) is 2.81. The molecule has 0 saturated heterocycles. The largest absolute Gasteiger partial charge is 0.288 e. The number of ketones is 1. The Balaban J connectivity index is 2.30. The van der Waals surface area contributed by atoms with Gasteiger partial charge in [0.05, 0.1) is 5.56 Å². The average molecular weight is 212 g/mol. The van der Waals surface area contributed by atoms with E-state index in [0.717, 1.165) is 28.1 Å². The number of hydrogen-bond acceptors (Lipinski definition) is 2. The van der Waals surface area contributed by atoms with Gasteiger partial charge >= 0.3 is 0 Å². The summed E-state index contributed by atoms with van der Waals surface area (Å²) in [5, 5.41) is 7.24. The Morgan fingerprint density at radius 2 is 1.88 bits per heavy atom. The van der Waals surface area contributed by atoms with Crippen molar-refractivity contribution in [1.82, 2.24) is 10.2 Å². The Bertz CT molecular complexity index is 581. The highest BCUT2D eigenvalue weighted by Gasteiger charge is 2.32. The van der Waals surface area contributed by atoms with Gasteiger partial charge in [-0.25, -0.2) is 0 Å². The monoisotopic (exact) mass is 212 g/mol. The number of H-pyrrole nitrogens is 1. The van der Waals surface area contributed by atoms with Crippen LogP contribution in [-0.2, 0) is 0 Å². The number of hydrogen-bond donors (Lipinski definition) is 1. The Kier molecular flexibility index (Phi) is 1.78. The standard InChI is InChI=1S/C13H12N2O/c1-7(2)11-10-12(15-14-11)8-5-3-4-6-9(8)13(10)16/h3-7H,1-2H3,(H,14,15). The number of aromatic amines is 1. The van der Waals surface area contributed by atoms with E-state index in [4.69, 9.17) is 0 Å². The minimum absolute atomic E-state index is 0.100. The van der Waals surface area contributed by atoms with E-state index in [9.17, 15) is 4.79 Å². The van der Waals surface area contributed by atoms with Gasteiger partial charge in [0.15, 0.2) is 5.78 Å². The highest BCUT2D eigenvalue weighted by molar-refractivity contribution is 6.21. The molecule has 1 N–H and O–H groups in total.